The lowest BCUT2D eigenvalue weighted by atomic mass is 10.0. The van der Waals surface area contributed by atoms with Gasteiger partial charge in [-0.1, -0.05) is 72.3 Å². The molecule has 132 valence electrons. The molecule has 3 aromatic rings. The summed E-state index contributed by atoms with van der Waals surface area (Å²) in [5, 5.41) is 5.15. The largest absolute Gasteiger partial charge is 0.328 e. The molecule has 0 saturated heterocycles. The van der Waals surface area contributed by atoms with Crippen molar-refractivity contribution in [2.24, 2.45) is 0 Å². The summed E-state index contributed by atoms with van der Waals surface area (Å²) in [4.78, 5) is 13.0. The zero-order chi connectivity index (χ0) is 18.4. The highest BCUT2D eigenvalue weighted by molar-refractivity contribution is 5.94. The predicted molar refractivity (Wildman–Crippen MR) is 106 cm³/mol. The van der Waals surface area contributed by atoms with E-state index in [2.05, 4.69) is 29.7 Å². The van der Waals surface area contributed by atoms with Gasteiger partial charge in [-0.3, -0.25) is 4.79 Å². The zero-order valence-electron chi connectivity index (χ0n) is 15.3. The van der Waals surface area contributed by atoms with E-state index in [9.17, 15) is 4.79 Å². The number of hydrogen-bond acceptors (Lipinski definition) is 1. The first kappa shape index (κ1) is 17.9. The number of anilines is 1. The monoisotopic (exact) mass is 345 g/mol. The predicted octanol–water partition coefficient (Wildman–Crippen LogP) is 3.75. The number of quaternary nitrogens is 1. The molecule has 0 aliphatic heterocycles. The Bertz CT molecular complexity index is 857. The molecule has 0 saturated carbocycles. The highest BCUT2D eigenvalue weighted by atomic mass is 16.2. The number of amides is 1. The van der Waals surface area contributed by atoms with E-state index in [-0.39, 0.29) is 11.9 Å². The zero-order valence-corrected chi connectivity index (χ0v) is 15.3. The van der Waals surface area contributed by atoms with Crippen molar-refractivity contribution < 1.29 is 10.1 Å². The van der Waals surface area contributed by atoms with Crippen LogP contribution in [0.3, 0.4) is 0 Å². The molecular formula is C23H25N2O+. The van der Waals surface area contributed by atoms with E-state index in [1.165, 1.54) is 16.7 Å². The highest BCUT2D eigenvalue weighted by Crippen LogP contribution is 2.14. The number of benzene rings is 3. The maximum atomic E-state index is 13.0. The minimum atomic E-state index is -0.294. The van der Waals surface area contributed by atoms with Crippen molar-refractivity contribution in [3.05, 3.63) is 101 Å². The second-order valence-electron chi connectivity index (χ2n) is 6.61. The fourth-order valence-corrected chi connectivity index (χ4v) is 3.00. The Morgan fingerprint density at radius 3 is 2.23 bits per heavy atom. The summed E-state index contributed by atoms with van der Waals surface area (Å²) >= 11 is 0. The highest BCUT2D eigenvalue weighted by Gasteiger charge is 2.24. The fourth-order valence-electron chi connectivity index (χ4n) is 3.00. The van der Waals surface area contributed by atoms with Gasteiger partial charge in [0.25, 0.3) is 5.91 Å². The van der Waals surface area contributed by atoms with Gasteiger partial charge < -0.3 is 10.6 Å². The summed E-state index contributed by atoms with van der Waals surface area (Å²) < 4.78 is 0. The molecule has 1 amide bonds. The van der Waals surface area contributed by atoms with E-state index in [0.717, 1.165) is 17.8 Å². The third kappa shape index (κ3) is 4.58. The number of nitrogens with two attached hydrogens (primary N) is 1. The summed E-state index contributed by atoms with van der Waals surface area (Å²) in [6.07, 6.45) is 0. The second kappa shape index (κ2) is 8.45. The Kier molecular flexibility index (Phi) is 5.82. The fraction of sp³-hybridized carbons (Fsp3) is 0.174. The lowest BCUT2D eigenvalue weighted by Gasteiger charge is -2.17. The summed E-state index contributed by atoms with van der Waals surface area (Å²) in [7, 11) is 0. The number of carbonyl (C=O) groups excluding carboxylic acids is 1. The van der Waals surface area contributed by atoms with Gasteiger partial charge in [-0.15, -0.1) is 0 Å². The van der Waals surface area contributed by atoms with E-state index in [1.54, 1.807) is 0 Å². The molecule has 26 heavy (non-hydrogen) atoms. The summed E-state index contributed by atoms with van der Waals surface area (Å²) in [5.74, 6) is -0.00589. The third-order valence-corrected chi connectivity index (χ3v) is 4.59. The number of hydrogen-bond donors (Lipinski definition) is 2. The average Bonchev–Trinajstić information content (AvgIpc) is 2.66. The lowest BCUT2D eigenvalue weighted by Crippen LogP contribution is -2.85. The average molecular weight is 345 g/mol. The van der Waals surface area contributed by atoms with Gasteiger partial charge in [-0.05, 0) is 31.5 Å². The molecule has 0 aromatic heterocycles. The van der Waals surface area contributed by atoms with E-state index >= 15 is 0 Å². The standard InChI is InChI=1S/C23H24N2O/c1-17-12-14-21(15-13-17)25-23(26)22(19-9-4-3-5-10-19)24-16-20-11-7-6-8-18(20)2/h3-15,22,24H,16H2,1-2H3,(H,25,26)/p+1/t22-/m0/s1. The van der Waals surface area contributed by atoms with Gasteiger partial charge in [0.2, 0.25) is 0 Å². The second-order valence-corrected chi connectivity index (χ2v) is 6.61. The van der Waals surface area contributed by atoms with Gasteiger partial charge in [0.15, 0.2) is 6.04 Å². The maximum Gasteiger partial charge on any atom is 0.287 e. The van der Waals surface area contributed by atoms with Crippen LogP contribution in [-0.2, 0) is 11.3 Å². The molecule has 0 aliphatic rings. The molecule has 1 atom stereocenters. The Morgan fingerprint density at radius 2 is 1.54 bits per heavy atom. The molecule has 0 unspecified atom stereocenters. The number of rotatable bonds is 6. The minimum absolute atomic E-state index is 0.00589. The van der Waals surface area contributed by atoms with Crippen LogP contribution in [-0.4, -0.2) is 5.91 Å². The molecule has 3 rings (SSSR count). The van der Waals surface area contributed by atoms with Crippen molar-refractivity contribution >= 4 is 11.6 Å². The van der Waals surface area contributed by atoms with E-state index in [4.69, 9.17) is 0 Å². The molecule has 0 heterocycles. The van der Waals surface area contributed by atoms with Crippen LogP contribution in [0.1, 0.15) is 28.3 Å². The van der Waals surface area contributed by atoms with Crippen molar-refractivity contribution in [2.45, 2.75) is 26.4 Å². The SMILES string of the molecule is Cc1ccc(NC(=O)[C@@H]([NH2+]Cc2ccccc2C)c2ccccc2)cc1. The third-order valence-electron chi connectivity index (χ3n) is 4.59. The van der Waals surface area contributed by atoms with E-state index in [0.29, 0.717) is 0 Å². The summed E-state index contributed by atoms with van der Waals surface area (Å²) in [6, 6.07) is 25.8. The van der Waals surface area contributed by atoms with Crippen molar-refractivity contribution in [3.63, 3.8) is 0 Å². The first-order chi connectivity index (χ1) is 12.6. The topological polar surface area (TPSA) is 45.7 Å². The van der Waals surface area contributed by atoms with Crippen LogP contribution in [0.4, 0.5) is 5.69 Å². The van der Waals surface area contributed by atoms with Gasteiger partial charge in [0.05, 0.1) is 0 Å². The molecule has 3 nitrogen and oxygen atoms in total. The van der Waals surface area contributed by atoms with Crippen LogP contribution in [0.2, 0.25) is 0 Å². The molecule has 0 bridgehead atoms. The minimum Gasteiger partial charge on any atom is -0.328 e. The number of carbonyl (C=O) groups is 1. The molecule has 0 spiro atoms. The molecule has 3 N–H and O–H groups in total. The van der Waals surface area contributed by atoms with E-state index < -0.39 is 0 Å². The Labute approximate surface area is 155 Å². The first-order valence-corrected chi connectivity index (χ1v) is 8.94. The molecule has 3 heteroatoms. The van der Waals surface area contributed by atoms with Crippen molar-refractivity contribution in [1.82, 2.24) is 0 Å². The van der Waals surface area contributed by atoms with Gasteiger partial charge in [-0.2, -0.15) is 0 Å². The van der Waals surface area contributed by atoms with Crippen LogP contribution in [0.25, 0.3) is 0 Å². The quantitative estimate of drug-likeness (QED) is 0.702. The van der Waals surface area contributed by atoms with Crippen molar-refractivity contribution in [1.29, 1.82) is 0 Å². The Hall–Kier alpha value is -2.91. The van der Waals surface area contributed by atoms with Crippen LogP contribution < -0.4 is 10.6 Å². The van der Waals surface area contributed by atoms with Gasteiger partial charge in [0, 0.05) is 16.8 Å². The first-order valence-electron chi connectivity index (χ1n) is 8.94. The Morgan fingerprint density at radius 1 is 0.885 bits per heavy atom. The Balaban J connectivity index is 1.78. The van der Waals surface area contributed by atoms with Gasteiger partial charge in [-0.25, -0.2) is 0 Å². The van der Waals surface area contributed by atoms with Gasteiger partial charge in [0.1, 0.15) is 6.54 Å². The normalized spacial score (nSPS) is 11.8. The van der Waals surface area contributed by atoms with Crippen LogP contribution in [0, 0.1) is 13.8 Å². The van der Waals surface area contributed by atoms with Crippen LogP contribution in [0.5, 0.6) is 0 Å². The lowest BCUT2D eigenvalue weighted by molar-refractivity contribution is -0.697. The molecule has 3 aromatic carbocycles. The van der Waals surface area contributed by atoms with Crippen molar-refractivity contribution in [3.8, 4) is 0 Å². The molecular weight excluding hydrogens is 320 g/mol. The number of aryl methyl sites for hydroxylation is 2. The summed E-state index contributed by atoms with van der Waals surface area (Å²) in [5.41, 5.74) is 5.50. The van der Waals surface area contributed by atoms with Crippen molar-refractivity contribution in [2.75, 3.05) is 5.32 Å². The molecule has 0 fully saturated rings. The van der Waals surface area contributed by atoms with Crippen LogP contribution in [0.15, 0.2) is 78.9 Å². The molecule has 0 aliphatic carbocycles. The smallest absolute Gasteiger partial charge is 0.287 e. The maximum absolute atomic E-state index is 13.0. The van der Waals surface area contributed by atoms with E-state index in [1.807, 2.05) is 73.7 Å². The number of nitrogens with one attached hydrogen (secondary N) is 1. The van der Waals surface area contributed by atoms with Gasteiger partial charge >= 0.3 is 0 Å². The molecule has 0 radical (unpaired) electrons. The van der Waals surface area contributed by atoms with Crippen LogP contribution >= 0.6 is 0 Å². The summed E-state index contributed by atoms with van der Waals surface area (Å²) in [6.45, 7) is 4.90.